The number of aromatic amines is 1. The number of nitrogens with one attached hydrogen (secondary N) is 3. The Morgan fingerprint density at radius 1 is 1.40 bits per heavy atom. The van der Waals surface area contributed by atoms with Crippen molar-refractivity contribution < 1.29 is 14.8 Å². The number of rotatable bonds is 5. The summed E-state index contributed by atoms with van der Waals surface area (Å²) in [6.07, 6.45) is 3.17. The number of unbranched alkanes of at least 4 members (excludes halogenated alkanes) is 1. The first kappa shape index (κ1) is 13.9. The largest absolute Gasteiger partial charge is 0.340 e. The van der Waals surface area contributed by atoms with Gasteiger partial charge in [0.25, 0.3) is 5.91 Å². The van der Waals surface area contributed by atoms with E-state index in [4.69, 9.17) is 5.21 Å². The predicted octanol–water partition coefficient (Wildman–Crippen LogP) is 0.601. The molecule has 2 aromatic heterocycles. The van der Waals surface area contributed by atoms with E-state index in [0.717, 1.165) is 6.42 Å². The second kappa shape index (κ2) is 6.06. The number of nitrogens with zero attached hydrogens (tertiary/aromatic N) is 3. The van der Waals surface area contributed by atoms with Crippen molar-refractivity contribution in [1.29, 1.82) is 0 Å². The molecule has 0 aromatic carbocycles. The highest BCUT2D eigenvalue weighted by Crippen LogP contribution is 2.15. The molecule has 0 spiro atoms. The number of aromatic nitrogens is 4. The van der Waals surface area contributed by atoms with Crippen LogP contribution in [0.2, 0.25) is 0 Å². The van der Waals surface area contributed by atoms with E-state index in [9.17, 15) is 9.59 Å². The molecule has 0 saturated heterocycles. The van der Waals surface area contributed by atoms with Crippen LogP contribution in [0.1, 0.15) is 36.8 Å². The first-order valence-corrected chi connectivity index (χ1v) is 6.11. The van der Waals surface area contributed by atoms with Gasteiger partial charge < -0.3 is 4.98 Å². The molecule has 0 aliphatic heterocycles. The molecule has 2 amide bonds. The van der Waals surface area contributed by atoms with Crippen LogP contribution < -0.4 is 10.8 Å². The van der Waals surface area contributed by atoms with Crippen molar-refractivity contribution >= 4 is 28.8 Å². The molecule has 0 radical (unpaired) electrons. The zero-order valence-corrected chi connectivity index (χ0v) is 10.8. The zero-order chi connectivity index (χ0) is 14.5. The molecule has 0 aliphatic carbocycles. The number of hydrogen-bond acceptors (Lipinski definition) is 7. The van der Waals surface area contributed by atoms with Gasteiger partial charge in [0.05, 0.1) is 6.33 Å². The fourth-order valence-electron chi connectivity index (χ4n) is 1.60. The van der Waals surface area contributed by atoms with E-state index in [1.165, 1.54) is 6.33 Å². The van der Waals surface area contributed by atoms with E-state index in [1.807, 2.05) is 12.4 Å². The van der Waals surface area contributed by atoms with Crippen LogP contribution in [0.25, 0.3) is 11.2 Å². The molecule has 0 aliphatic rings. The molecule has 0 saturated carbocycles. The third-order valence-corrected chi connectivity index (χ3v) is 2.60. The topological polar surface area (TPSA) is 133 Å². The summed E-state index contributed by atoms with van der Waals surface area (Å²) in [5, 5.41) is 11.2. The number of imidazole rings is 1. The van der Waals surface area contributed by atoms with Crippen LogP contribution in [0.15, 0.2) is 6.33 Å². The summed E-state index contributed by atoms with van der Waals surface area (Å²) in [4.78, 5) is 37.6. The maximum absolute atomic E-state index is 11.8. The maximum atomic E-state index is 11.8. The molecular weight excluding hydrogens is 264 g/mol. The van der Waals surface area contributed by atoms with Crippen LogP contribution in [0.3, 0.4) is 0 Å². The van der Waals surface area contributed by atoms with E-state index in [2.05, 4.69) is 25.3 Å². The predicted molar refractivity (Wildman–Crippen MR) is 69.1 cm³/mol. The number of hydrogen-bond donors (Lipinski definition) is 4. The monoisotopic (exact) mass is 278 g/mol. The fraction of sp³-hybridized carbons (Fsp3) is 0.364. The van der Waals surface area contributed by atoms with Crippen molar-refractivity contribution in [3.63, 3.8) is 0 Å². The van der Waals surface area contributed by atoms with Crippen molar-refractivity contribution in [2.24, 2.45) is 0 Å². The smallest absolute Gasteiger partial charge is 0.295 e. The summed E-state index contributed by atoms with van der Waals surface area (Å²) in [6.45, 7) is 1.95. The second-order valence-electron chi connectivity index (χ2n) is 4.09. The van der Waals surface area contributed by atoms with E-state index in [1.54, 1.807) is 0 Å². The molecule has 106 valence electrons. The molecule has 2 aromatic rings. The summed E-state index contributed by atoms with van der Waals surface area (Å²) in [5.41, 5.74) is 2.42. The van der Waals surface area contributed by atoms with Crippen molar-refractivity contribution in [1.82, 2.24) is 25.3 Å². The van der Waals surface area contributed by atoms with E-state index >= 15 is 0 Å². The first-order chi connectivity index (χ1) is 9.65. The Morgan fingerprint density at radius 2 is 2.20 bits per heavy atom. The molecule has 2 heterocycles. The van der Waals surface area contributed by atoms with Crippen LogP contribution in [0, 0.1) is 0 Å². The molecule has 0 bridgehead atoms. The van der Waals surface area contributed by atoms with Gasteiger partial charge >= 0.3 is 0 Å². The van der Waals surface area contributed by atoms with Gasteiger partial charge in [0.1, 0.15) is 5.52 Å². The van der Waals surface area contributed by atoms with Gasteiger partial charge in [0, 0.05) is 6.42 Å². The number of imide groups is 1. The fourth-order valence-corrected chi connectivity index (χ4v) is 1.60. The Kier molecular flexibility index (Phi) is 4.20. The average Bonchev–Trinajstić information content (AvgIpc) is 2.92. The van der Waals surface area contributed by atoms with E-state index < -0.39 is 5.91 Å². The third-order valence-electron chi connectivity index (χ3n) is 2.60. The number of fused-ring (bicyclic) bond motifs is 1. The molecule has 0 unspecified atom stereocenters. The minimum Gasteiger partial charge on any atom is -0.340 e. The van der Waals surface area contributed by atoms with Crippen molar-refractivity contribution in [2.45, 2.75) is 26.2 Å². The van der Waals surface area contributed by atoms with Gasteiger partial charge in [-0.2, -0.15) is 0 Å². The Hall–Kier alpha value is -2.55. The number of amides is 2. The Labute approximate surface area is 113 Å². The molecule has 9 nitrogen and oxygen atoms in total. The second-order valence-corrected chi connectivity index (χ2v) is 4.09. The maximum Gasteiger partial charge on any atom is 0.295 e. The molecular formula is C11H14N6O3. The number of carbonyl (C=O) groups excluding carboxylic acids is 2. The summed E-state index contributed by atoms with van der Waals surface area (Å²) >= 11 is 0. The van der Waals surface area contributed by atoms with Gasteiger partial charge in [-0.25, -0.2) is 15.0 Å². The standard InChI is InChI=1S/C11H14N6O3/c1-2-3-4-6(18)14-11(19)10-15-8-7(12-5-13-8)9(16-10)17-20/h5,20H,2-4H2,1H3,(H,14,18,19)(H2,12,13,15,16,17). The summed E-state index contributed by atoms with van der Waals surface area (Å²) in [5.74, 6) is -1.35. The SMILES string of the molecule is CCCCC(=O)NC(=O)c1nc(NO)c2[nH]cnc2n1. The van der Waals surface area contributed by atoms with Gasteiger partial charge in [0.2, 0.25) is 11.7 Å². The Bertz CT molecular complexity index is 638. The van der Waals surface area contributed by atoms with Gasteiger partial charge in [-0.05, 0) is 6.42 Å². The molecule has 20 heavy (non-hydrogen) atoms. The molecule has 4 N–H and O–H groups in total. The lowest BCUT2D eigenvalue weighted by molar-refractivity contribution is -0.120. The van der Waals surface area contributed by atoms with Crippen LogP contribution in [-0.4, -0.2) is 37.0 Å². The quantitative estimate of drug-likeness (QED) is 0.588. The van der Waals surface area contributed by atoms with Gasteiger partial charge in [-0.3, -0.25) is 25.6 Å². The van der Waals surface area contributed by atoms with Crippen LogP contribution in [0.5, 0.6) is 0 Å². The summed E-state index contributed by atoms with van der Waals surface area (Å²) in [7, 11) is 0. The van der Waals surface area contributed by atoms with E-state index in [0.29, 0.717) is 11.9 Å². The normalized spacial score (nSPS) is 10.5. The van der Waals surface area contributed by atoms with Crippen molar-refractivity contribution in [3.8, 4) is 0 Å². The van der Waals surface area contributed by atoms with Gasteiger partial charge in [0.15, 0.2) is 11.5 Å². The lowest BCUT2D eigenvalue weighted by atomic mass is 10.2. The third kappa shape index (κ3) is 2.88. The molecule has 0 fully saturated rings. The highest BCUT2D eigenvalue weighted by molar-refractivity contribution is 6.03. The highest BCUT2D eigenvalue weighted by atomic mass is 16.5. The number of carbonyl (C=O) groups is 2. The first-order valence-electron chi connectivity index (χ1n) is 6.11. The van der Waals surface area contributed by atoms with Gasteiger partial charge in [-0.1, -0.05) is 13.3 Å². The number of H-pyrrole nitrogens is 1. The summed E-state index contributed by atoms with van der Waals surface area (Å²) in [6, 6.07) is 0. The highest BCUT2D eigenvalue weighted by Gasteiger charge is 2.17. The van der Waals surface area contributed by atoms with Crippen LogP contribution in [0.4, 0.5) is 5.82 Å². The van der Waals surface area contributed by atoms with Crippen molar-refractivity contribution in [3.05, 3.63) is 12.2 Å². The molecule has 9 heteroatoms. The van der Waals surface area contributed by atoms with Crippen LogP contribution >= 0.6 is 0 Å². The van der Waals surface area contributed by atoms with Gasteiger partial charge in [-0.15, -0.1) is 0 Å². The minimum atomic E-state index is -0.729. The van der Waals surface area contributed by atoms with E-state index in [-0.39, 0.29) is 29.6 Å². The van der Waals surface area contributed by atoms with Crippen molar-refractivity contribution in [2.75, 3.05) is 5.48 Å². The minimum absolute atomic E-state index is 0.0126. The Morgan fingerprint density at radius 3 is 2.90 bits per heavy atom. The Balaban J connectivity index is 2.19. The van der Waals surface area contributed by atoms with Crippen LogP contribution in [-0.2, 0) is 4.79 Å². The molecule has 2 rings (SSSR count). The number of anilines is 1. The average molecular weight is 278 g/mol. The lowest BCUT2D eigenvalue weighted by Crippen LogP contribution is -2.31. The summed E-state index contributed by atoms with van der Waals surface area (Å²) < 4.78 is 0. The molecule has 0 atom stereocenters. The lowest BCUT2D eigenvalue weighted by Gasteiger charge is -2.04. The zero-order valence-electron chi connectivity index (χ0n) is 10.8.